The third-order valence-electron chi connectivity index (χ3n) is 7.06. The van der Waals surface area contributed by atoms with Gasteiger partial charge in [0.25, 0.3) is 0 Å². The van der Waals surface area contributed by atoms with E-state index in [1.165, 1.54) is 0 Å². The van der Waals surface area contributed by atoms with Crippen LogP contribution in [0.5, 0.6) is 5.75 Å². The molecule has 10 heteroatoms. The fourth-order valence-electron chi connectivity index (χ4n) is 4.85. The molecule has 0 aliphatic carbocycles. The number of nitrogens with zero attached hydrogens (tertiary/aromatic N) is 4. The van der Waals surface area contributed by atoms with E-state index < -0.39 is 12.1 Å². The van der Waals surface area contributed by atoms with Gasteiger partial charge < -0.3 is 20.3 Å². The number of ether oxygens (including phenoxy) is 1. The second kappa shape index (κ2) is 12.2. The van der Waals surface area contributed by atoms with E-state index in [-0.39, 0.29) is 30.8 Å². The Kier molecular flexibility index (Phi) is 8.73. The van der Waals surface area contributed by atoms with Crippen molar-refractivity contribution in [3.63, 3.8) is 0 Å². The summed E-state index contributed by atoms with van der Waals surface area (Å²) in [4.78, 5) is 32.7. The van der Waals surface area contributed by atoms with Crippen molar-refractivity contribution in [2.24, 2.45) is 0 Å². The number of likely N-dealkylation sites (N-methyl/N-ethyl adjacent to an activating group) is 1. The third-order valence-corrected chi connectivity index (χ3v) is 7.06. The van der Waals surface area contributed by atoms with Gasteiger partial charge in [0.15, 0.2) is 5.82 Å². The molecule has 9 nitrogen and oxygen atoms in total. The molecule has 0 fully saturated rings. The number of hydrogen-bond donors (Lipinski definition) is 2. The van der Waals surface area contributed by atoms with Crippen molar-refractivity contribution in [3.05, 3.63) is 78.1 Å². The summed E-state index contributed by atoms with van der Waals surface area (Å²) in [7, 11) is 3.35. The standard InChI is InChI=1S/C29H30N6O3.ClH/c1-18(30-2)28(36)33-24-12-9-19-6-4-5-7-25(19)35(29(24)37)17-23-22-11-8-21(27-31-14-15-32-34-27)16-20(22)10-13-26(23)38-3;/h4-8,10-11,13-16,18,24,30H,9,12,17H2,1-3H3,(H,33,36);1H/t18-,24-;/m0./s1. The number of nitrogens with one attached hydrogen (secondary N) is 2. The normalized spacial score (nSPS) is 15.6. The summed E-state index contributed by atoms with van der Waals surface area (Å²) in [6.07, 6.45) is 4.35. The largest absolute Gasteiger partial charge is 0.496 e. The molecular formula is C29H31ClN6O3. The number of rotatable bonds is 7. The molecule has 39 heavy (non-hydrogen) atoms. The highest BCUT2D eigenvalue weighted by atomic mass is 35.5. The minimum atomic E-state index is -0.638. The zero-order valence-electron chi connectivity index (χ0n) is 22.0. The number of carbonyl (C=O) groups is 2. The first-order valence-electron chi connectivity index (χ1n) is 12.6. The van der Waals surface area contributed by atoms with Gasteiger partial charge in [0.05, 0.1) is 25.9 Å². The van der Waals surface area contributed by atoms with Gasteiger partial charge in [0, 0.05) is 23.0 Å². The third kappa shape index (κ3) is 5.69. The van der Waals surface area contributed by atoms with Crippen molar-refractivity contribution in [1.82, 2.24) is 25.8 Å². The lowest BCUT2D eigenvalue weighted by molar-refractivity contribution is -0.128. The molecule has 202 valence electrons. The number of carbonyl (C=O) groups excluding carboxylic acids is 2. The lowest BCUT2D eigenvalue weighted by atomic mass is 9.99. The Hall–Kier alpha value is -4.08. The van der Waals surface area contributed by atoms with Crippen molar-refractivity contribution in [2.75, 3.05) is 19.1 Å². The van der Waals surface area contributed by atoms with Crippen LogP contribution in [-0.2, 0) is 22.6 Å². The lowest BCUT2D eigenvalue weighted by Gasteiger charge is -2.28. The van der Waals surface area contributed by atoms with Crippen LogP contribution in [0.2, 0.25) is 0 Å². The molecule has 1 aromatic heterocycles. The number of methoxy groups -OCH3 is 1. The molecule has 0 saturated carbocycles. The van der Waals surface area contributed by atoms with Crippen molar-refractivity contribution < 1.29 is 14.3 Å². The first-order valence-corrected chi connectivity index (χ1v) is 12.6. The van der Waals surface area contributed by atoms with Gasteiger partial charge in [-0.1, -0.05) is 36.4 Å². The predicted molar refractivity (Wildman–Crippen MR) is 153 cm³/mol. The summed E-state index contributed by atoms with van der Waals surface area (Å²) < 4.78 is 5.75. The van der Waals surface area contributed by atoms with Crippen molar-refractivity contribution in [3.8, 4) is 17.1 Å². The van der Waals surface area contributed by atoms with Gasteiger partial charge in [0.1, 0.15) is 11.8 Å². The first kappa shape index (κ1) is 27.9. The second-order valence-electron chi connectivity index (χ2n) is 9.31. The molecule has 2 amide bonds. The zero-order valence-corrected chi connectivity index (χ0v) is 22.9. The van der Waals surface area contributed by atoms with E-state index in [0.717, 1.165) is 33.2 Å². The molecule has 0 bridgehead atoms. The lowest BCUT2D eigenvalue weighted by Crippen LogP contribution is -2.52. The van der Waals surface area contributed by atoms with Crippen LogP contribution >= 0.6 is 12.4 Å². The van der Waals surface area contributed by atoms with E-state index in [4.69, 9.17) is 4.74 Å². The van der Waals surface area contributed by atoms with E-state index in [9.17, 15) is 9.59 Å². The molecule has 0 spiro atoms. The van der Waals surface area contributed by atoms with Gasteiger partial charge >= 0.3 is 0 Å². The van der Waals surface area contributed by atoms with Gasteiger partial charge in [0.2, 0.25) is 11.8 Å². The Morgan fingerprint density at radius 1 is 1.15 bits per heavy atom. The highest BCUT2D eigenvalue weighted by Gasteiger charge is 2.33. The van der Waals surface area contributed by atoms with E-state index in [0.29, 0.717) is 24.4 Å². The summed E-state index contributed by atoms with van der Waals surface area (Å²) >= 11 is 0. The fraction of sp³-hybridized carbons (Fsp3) is 0.276. The van der Waals surface area contributed by atoms with Crippen LogP contribution < -0.4 is 20.3 Å². The molecule has 2 heterocycles. The summed E-state index contributed by atoms with van der Waals surface area (Å²) in [6, 6.07) is 16.7. The molecule has 1 aliphatic rings. The van der Waals surface area contributed by atoms with Crippen molar-refractivity contribution in [1.29, 1.82) is 0 Å². The number of hydrogen-bond acceptors (Lipinski definition) is 7. The fourth-order valence-corrected chi connectivity index (χ4v) is 4.85. The topological polar surface area (TPSA) is 109 Å². The van der Waals surface area contributed by atoms with Gasteiger partial charge in [-0.25, -0.2) is 4.98 Å². The minimum absolute atomic E-state index is 0. The summed E-state index contributed by atoms with van der Waals surface area (Å²) in [6.45, 7) is 2.06. The molecule has 4 aromatic rings. The number of fused-ring (bicyclic) bond motifs is 2. The molecule has 0 saturated heterocycles. The van der Waals surface area contributed by atoms with Crippen LogP contribution in [-0.4, -0.2) is 53.2 Å². The molecule has 1 aliphatic heterocycles. The Morgan fingerprint density at radius 2 is 1.97 bits per heavy atom. The Balaban J connectivity index is 0.00000353. The maximum absolute atomic E-state index is 14.0. The van der Waals surface area contributed by atoms with Crippen LogP contribution in [0, 0.1) is 0 Å². The number of halogens is 1. The molecular weight excluding hydrogens is 516 g/mol. The van der Waals surface area contributed by atoms with Gasteiger partial charge in [-0.05, 0) is 61.3 Å². The summed E-state index contributed by atoms with van der Waals surface area (Å²) in [5.41, 5.74) is 3.63. The number of anilines is 1. The van der Waals surface area contributed by atoms with Gasteiger partial charge in [-0.3, -0.25) is 9.59 Å². The van der Waals surface area contributed by atoms with Gasteiger partial charge in [-0.15, -0.1) is 17.5 Å². The van der Waals surface area contributed by atoms with Gasteiger partial charge in [-0.2, -0.15) is 5.10 Å². The van der Waals surface area contributed by atoms with Crippen LogP contribution in [0.4, 0.5) is 5.69 Å². The maximum Gasteiger partial charge on any atom is 0.249 e. The monoisotopic (exact) mass is 546 g/mol. The average Bonchev–Trinajstić information content (AvgIpc) is 3.09. The summed E-state index contributed by atoms with van der Waals surface area (Å²) in [5.74, 6) is 0.871. The Morgan fingerprint density at radius 3 is 2.72 bits per heavy atom. The molecule has 2 N–H and O–H groups in total. The van der Waals surface area contributed by atoms with Crippen LogP contribution in [0.3, 0.4) is 0 Å². The number of para-hydroxylation sites is 1. The highest BCUT2D eigenvalue weighted by Crippen LogP contribution is 2.35. The molecule has 5 rings (SSSR count). The minimum Gasteiger partial charge on any atom is -0.496 e. The van der Waals surface area contributed by atoms with Crippen molar-refractivity contribution >= 4 is 40.7 Å². The zero-order chi connectivity index (χ0) is 26.6. The second-order valence-corrected chi connectivity index (χ2v) is 9.31. The number of aromatic nitrogens is 3. The SMILES string of the molecule is CN[C@@H](C)C(=O)N[C@H]1CCc2ccccc2N(Cc2c(OC)ccc3cc(-c4nccnn4)ccc23)C1=O.Cl. The number of aryl methyl sites for hydroxylation is 1. The quantitative estimate of drug-likeness (QED) is 0.364. The van der Waals surface area contributed by atoms with Crippen LogP contribution in [0.25, 0.3) is 22.2 Å². The smallest absolute Gasteiger partial charge is 0.249 e. The van der Waals surface area contributed by atoms with Crippen molar-refractivity contribution in [2.45, 2.75) is 38.4 Å². The van der Waals surface area contributed by atoms with Crippen LogP contribution in [0.15, 0.2) is 67.0 Å². The molecule has 3 aromatic carbocycles. The van der Waals surface area contributed by atoms with E-state index in [1.807, 2.05) is 54.6 Å². The summed E-state index contributed by atoms with van der Waals surface area (Å²) in [5, 5.41) is 15.9. The number of amides is 2. The Labute approximate surface area is 233 Å². The first-order chi connectivity index (χ1) is 18.5. The van der Waals surface area contributed by atoms with E-state index in [1.54, 1.807) is 38.4 Å². The Bertz CT molecular complexity index is 1480. The number of benzene rings is 3. The van der Waals surface area contributed by atoms with E-state index in [2.05, 4.69) is 25.8 Å². The van der Waals surface area contributed by atoms with Crippen LogP contribution in [0.1, 0.15) is 24.5 Å². The predicted octanol–water partition coefficient (Wildman–Crippen LogP) is 3.69. The molecule has 0 radical (unpaired) electrons. The average molecular weight is 547 g/mol. The highest BCUT2D eigenvalue weighted by molar-refractivity contribution is 6.02. The maximum atomic E-state index is 14.0. The molecule has 0 unspecified atom stereocenters. The van der Waals surface area contributed by atoms with E-state index >= 15 is 0 Å². The molecule has 2 atom stereocenters.